The number of ether oxygens (including phenoxy) is 1. The molecule has 1 heterocycles. The van der Waals surface area contributed by atoms with Crippen molar-refractivity contribution in [3.63, 3.8) is 0 Å². The summed E-state index contributed by atoms with van der Waals surface area (Å²) < 4.78 is 10.7. The van der Waals surface area contributed by atoms with Gasteiger partial charge in [0.15, 0.2) is 22.5 Å². The van der Waals surface area contributed by atoms with Gasteiger partial charge in [0.05, 0.1) is 7.11 Å². The molecule has 7 heteroatoms. The summed E-state index contributed by atoms with van der Waals surface area (Å²) in [6.07, 6.45) is 1.02. The molecule has 0 radical (unpaired) electrons. The molecule has 0 atom stereocenters. The maximum atomic E-state index is 12.2. The van der Waals surface area contributed by atoms with E-state index in [0.717, 1.165) is 11.3 Å². The van der Waals surface area contributed by atoms with Crippen molar-refractivity contribution >= 4 is 22.6 Å². The summed E-state index contributed by atoms with van der Waals surface area (Å²) in [7, 11) is 1.59. The van der Waals surface area contributed by atoms with Gasteiger partial charge in [0, 0.05) is 12.5 Å². The zero-order valence-corrected chi connectivity index (χ0v) is 14.0. The fourth-order valence-electron chi connectivity index (χ4n) is 2.55. The van der Waals surface area contributed by atoms with Gasteiger partial charge in [-0.25, -0.2) is 0 Å². The minimum Gasteiger partial charge on any atom is -0.504 e. The lowest BCUT2D eigenvalue weighted by atomic mass is 10.1. The second-order valence-corrected chi connectivity index (χ2v) is 5.87. The highest BCUT2D eigenvalue weighted by molar-refractivity contribution is 6.37. The fourth-order valence-corrected chi connectivity index (χ4v) is 2.77. The van der Waals surface area contributed by atoms with Crippen LogP contribution in [0.15, 0.2) is 39.5 Å². The molecule has 0 saturated heterocycles. The molecule has 0 fully saturated rings. The van der Waals surface area contributed by atoms with Gasteiger partial charge in [-0.2, -0.15) is 0 Å². The number of aromatic hydroxyl groups is 3. The summed E-state index contributed by atoms with van der Waals surface area (Å²) in [5, 5.41) is 28.6. The van der Waals surface area contributed by atoms with Crippen LogP contribution in [0.25, 0.3) is 11.0 Å². The van der Waals surface area contributed by atoms with Crippen LogP contribution in [0.3, 0.4) is 0 Å². The van der Waals surface area contributed by atoms with Gasteiger partial charge in [-0.3, -0.25) is 4.79 Å². The van der Waals surface area contributed by atoms with Crippen molar-refractivity contribution in [3.05, 3.63) is 56.9 Å². The van der Waals surface area contributed by atoms with E-state index in [1.165, 1.54) is 6.07 Å². The normalized spacial score (nSPS) is 11.0. The van der Waals surface area contributed by atoms with Gasteiger partial charge in [-0.15, -0.1) is 0 Å². The van der Waals surface area contributed by atoms with E-state index in [2.05, 4.69) is 0 Å². The van der Waals surface area contributed by atoms with E-state index in [9.17, 15) is 20.1 Å². The Balaban J connectivity index is 1.96. The number of rotatable bonds is 4. The maximum absolute atomic E-state index is 12.2. The van der Waals surface area contributed by atoms with Gasteiger partial charge in [0.25, 0.3) is 0 Å². The van der Waals surface area contributed by atoms with Gasteiger partial charge in [0.1, 0.15) is 21.9 Å². The predicted molar refractivity (Wildman–Crippen MR) is 92.9 cm³/mol. The third-order valence-electron chi connectivity index (χ3n) is 3.91. The molecule has 0 spiro atoms. The Labute approximate surface area is 147 Å². The molecule has 1 aromatic heterocycles. The summed E-state index contributed by atoms with van der Waals surface area (Å²) in [4.78, 5) is 12.2. The number of methoxy groups -OCH3 is 1. The Morgan fingerprint density at radius 3 is 2.36 bits per heavy atom. The molecule has 3 N–H and O–H groups in total. The van der Waals surface area contributed by atoms with Crippen LogP contribution in [0.2, 0.25) is 5.02 Å². The summed E-state index contributed by atoms with van der Waals surface area (Å²) in [6, 6.07) is 8.71. The van der Waals surface area contributed by atoms with E-state index in [1.807, 2.05) is 24.3 Å². The molecule has 3 aromatic rings. The molecule has 3 rings (SSSR count). The number of phenolic OH excluding ortho intramolecular Hbond substituents is 3. The molecule has 0 aliphatic heterocycles. The Bertz CT molecular complexity index is 991. The smallest absolute Gasteiger partial charge is 0.202 e. The summed E-state index contributed by atoms with van der Waals surface area (Å²) in [5.74, 6) is -1.25. The van der Waals surface area contributed by atoms with Crippen molar-refractivity contribution in [2.45, 2.75) is 12.8 Å². The van der Waals surface area contributed by atoms with E-state index in [1.54, 1.807) is 7.11 Å². The molecule has 130 valence electrons. The van der Waals surface area contributed by atoms with E-state index >= 15 is 0 Å². The molecule has 25 heavy (non-hydrogen) atoms. The number of fused-ring (bicyclic) bond motifs is 1. The second kappa shape index (κ2) is 6.57. The molecule has 0 aliphatic carbocycles. The third kappa shape index (κ3) is 3.08. The number of phenols is 3. The molecule has 0 unspecified atom stereocenters. The number of benzene rings is 2. The SMILES string of the molecule is COc1ccc(CCc2cc(=O)c3c(O)c(O)c(O)c(Cl)c3o2)cc1. The average molecular weight is 363 g/mol. The number of aryl methyl sites for hydroxylation is 2. The molecular weight excluding hydrogens is 348 g/mol. The molecular formula is C18H15ClO6. The monoisotopic (exact) mass is 362 g/mol. The molecule has 6 nitrogen and oxygen atoms in total. The minimum atomic E-state index is -0.851. The quantitative estimate of drug-likeness (QED) is 0.615. The first kappa shape index (κ1) is 17.0. The van der Waals surface area contributed by atoms with Crippen molar-refractivity contribution in [2.24, 2.45) is 0 Å². The number of hydrogen-bond donors (Lipinski definition) is 3. The van der Waals surface area contributed by atoms with E-state index in [4.69, 9.17) is 20.8 Å². The maximum Gasteiger partial charge on any atom is 0.202 e. The minimum absolute atomic E-state index is 0.160. The highest BCUT2D eigenvalue weighted by Gasteiger charge is 2.21. The van der Waals surface area contributed by atoms with Crippen LogP contribution < -0.4 is 10.2 Å². The lowest BCUT2D eigenvalue weighted by Crippen LogP contribution is -2.04. The average Bonchev–Trinajstić information content (AvgIpc) is 2.62. The van der Waals surface area contributed by atoms with Gasteiger partial charge < -0.3 is 24.5 Å². The summed E-state index contributed by atoms with van der Waals surface area (Å²) in [6.45, 7) is 0. The van der Waals surface area contributed by atoms with Crippen LogP contribution in [-0.2, 0) is 12.8 Å². The van der Waals surface area contributed by atoms with E-state index < -0.39 is 22.7 Å². The van der Waals surface area contributed by atoms with Crippen molar-refractivity contribution < 1.29 is 24.5 Å². The lowest BCUT2D eigenvalue weighted by molar-refractivity contribution is 0.369. The predicted octanol–water partition coefficient (Wildman–Crippen LogP) is 3.36. The Kier molecular flexibility index (Phi) is 4.46. The summed E-state index contributed by atoms with van der Waals surface area (Å²) >= 11 is 5.93. The van der Waals surface area contributed by atoms with Crippen LogP contribution in [0.4, 0.5) is 0 Å². The van der Waals surface area contributed by atoms with Gasteiger partial charge >= 0.3 is 0 Å². The first-order valence-electron chi connectivity index (χ1n) is 7.44. The van der Waals surface area contributed by atoms with E-state index in [0.29, 0.717) is 18.6 Å². The van der Waals surface area contributed by atoms with Crippen LogP contribution in [-0.4, -0.2) is 22.4 Å². The lowest BCUT2D eigenvalue weighted by Gasteiger charge is -2.09. The van der Waals surface area contributed by atoms with Crippen LogP contribution in [0, 0.1) is 0 Å². The standard InChI is InChI=1S/C18H15ClO6/c1-24-10-5-2-9(3-6-10)4-7-11-8-12(20)13-15(21)17(23)16(22)14(19)18(13)25-11/h2-3,5-6,8,21-23H,4,7H2,1H3. The van der Waals surface area contributed by atoms with Crippen molar-refractivity contribution in [1.82, 2.24) is 0 Å². The topological polar surface area (TPSA) is 100 Å². The Hall–Kier alpha value is -2.86. The van der Waals surface area contributed by atoms with Crippen LogP contribution in [0.1, 0.15) is 11.3 Å². The molecule has 0 saturated carbocycles. The third-order valence-corrected chi connectivity index (χ3v) is 4.26. The van der Waals surface area contributed by atoms with Gasteiger partial charge in [-0.05, 0) is 24.1 Å². The molecule has 2 aromatic carbocycles. The van der Waals surface area contributed by atoms with E-state index in [-0.39, 0.29) is 16.0 Å². The molecule has 0 amide bonds. The highest BCUT2D eigenvalue weighted by atomic mass is 35.5. The summed E-state index contributed by atoms with van der Waals surface area (Å²) in [5.41, 5.74) is 0.304. The first-order valence-corrected chi connectivity index (χ1v) is 7.82. The zero-order valence-electron chi connectivity index (χ0n) is 13.2. The van der Waals surface area contributed by atoms with Crippen molar-refractivity contribution in [3.8, 4) is 23.0 Å². The Morgan fingerprint density at radius 2 is 1.72 bits per heavy atom. The molecule has 0 aliphatic rings. The van der Waals surface area contributed by atoms with Crippen LogP contribution >= 0.6 is 11.6 Å². The number of hydrogen-bond acceptors (Lipinski definition) is 6. The van der Waals surface area contributed by atoms with Gasteiger partial charge in [0.2, 0.25) is 5.75 Å². The fraction of sp³-hybridized carbons (Fsp3) is 0.167. The number of halogens is 1. The second-order valence-electron chi connectivity index (χ2n) is 5.49. The largest absolute Gasteiger partial charge is 0.504 e. The highest BCUT2D eigenvalue weighted by Crippen LogP contribution is 2.46. The van der Waals surface area contributed by atoms with Crippen molar-refractivity contribution in [1.29, 1.82) is 0 Å². The first-order chi connectivity index (χ1) is 11.9. The zero-order chi connectivity index (χ0) is 18.1. The van der Waals surface area contributed by atoms with Crippen LogP contribution in [0.5, 0.6) is 23.0 Å². The Morgan fingerprint density at radius 1 is 1.04 bits per heavy atom. The van der Waals surface area contributed by atoms with Gasteiger partial charge in [-0.1, -0.05) is 23.7 Å². The van der Waals surface area contributed by atoms with Crippen molar-refractivity contribution in [2.75, 3.05) is 7.11 Å². The molecule has 0 bridgehead atoms.